The highest BCUT2D eigenvalue weighted by molar-refractivity contribution is 5.98. The first-order chi connectivity index (χ1) is 13.1. The Kier molecular flexibility index (Phi) is 5.56. The fourth-order valence-corrected chi connectivity index (χ4v) is 2.89. The second-order valence-corrected chi connectivity index (χ2v) is 6.22. The molecule has 0 bridgehead atoms. The van der Waals surface area contributed by atoms with Crippen molar-refractivity contribution in [2.24, 2.45) is 0 Å². The van der Waals surface area contributed by atoms with Crippen molar-refractivity contribution in [3.05, 3.63) is 105 Å². The first kappa shape index (κ1) is 18.3. The number of para-hydroxylation sites is 1. The van der Waals surface area contributed by atoms with Crippen molar-refractivity contribution in [1.29, 1.82) is 0 Å². The number of aromatic nitrogens is 1. The minimum Gasteiger partial charge on any atom is -0.330 e. The number of amides is 1. The molecule has 1 heterocycles. The number of hydrogen-bond donors (Lipinski definition) is 0. The lowest BCUT2D eigenvalue weighted by Crippen LogP contribution is -2.31. The zero-order valence-electron chi connectivity index (χ0n) is 14.9. The summed E-state index contributed by atoms with van der Waals surface area (Å²) in [7, 11) is 0. The van der Waals surface area contributed by atoms with Crippen LogP contribution in [0, 0.1) is 17.0 Å². The van der Waals surface area contributed by atoms with Gasteiger partial charge in [0.25, 0.3) is 11.6 Å². The predicted molar refractivity (Wildman–Crippen MR) is 102 cm³/mol. The minimum atomic E-state index is -0.525. The molecule has 0 saturated heterocycles. The van der Waals surface area contributed by atoms with E-state index in [-0.39, 0.29) is 17.2 Å². The van der Waals surface area contributed by atoms with Crippen LogP contribution in [0.4, 0.5) is 5.69 Å². The molecule has 0 N–H and O–H groups in total. The Morgan fingerprint density at radius 3 is 2.48 bits per heavy atom. The van der Waals surface area contributed by atoms with Crippen LogP contribution in [0.5, 0.6) is 0 Å². The number of nitrogens with zero attached hydrogens (tertiary/aromatic N) is 3. The number of pyridine rings is 1. The standard InChI is InChI=1S/C21H19N3O3/c1-16-7-2-3-9-18(16)15-23(14-17-8-6-12-22-13-17)21(25)19-10-4-5-11-20(19)24(26)27/h2-13H,14-15H2,1H3. The van der Waals surface area contributed by atoms with Gasteiger partial charge in [-0.15, -0.1) is 0 Å². The van der Waals surface area contributed by atoms with Crippen LogP contribution in [0.2, 0.25) is 0 Å². The summed E-state index contributed by atoms with van der Waals surface area (Å²) in [6.45, 7) is 2.65. The largest absolute Gasteiger partial charge is 0.330 e. The Morgan fingerprint density at radius 2 is 1.78 bits per heavy atom. The SMILES string of the molecule is Cc1ccccc1CN(Cc1cccnc1)C(=O)c1ccccc1[N+](=O)[O-]. The van der Waals surface area contributed by atoms with E-state index in [2.05, 4.69) is 4.98 Å². The summed E-state index contributed by atoms with van der Waals surface area (Å²) in [5.41, 5.74) is 2.80. The fraction of sp³-hybridized carbons (Fsp3) is 0.143. The maximum atomic E-state index is 13.2. The molecule has 0 fully saturated rings. The van der Waals surface area contributed by atoms with Gasteiger partial charge in [-0.2, -0.15) is 0 Å². The Balaban J connectivity index is 1.97. The average molecular weight is 361 g/mol. The number of carbonyl (C=O) groups excluding carboxylic acids is 1. The van der Waals surface area contributed by atoms with Crippen molar-refractivity contribution < 1.29 is 9.72 Å². The number of nitro benzene ring substituents is 1. The van der Waals surface area contributed by atoms with Crippen molar-refractivity contribution in [3.8, 4) is 0 Å². The van der Waals surface area contributed by atoms with Crippen LogP contribution in [-0.2, 0) is 13.1 Å². The molecular formula is C21H19N3O3. The van der Waals surface area contributed by atoms with Crippen LogP contribution in [0.3, 0.4) is 0 Å². The van der Waals surface area contributed by atoms with Gasteiger partial charge < -0.3 is 4.90 Å². The molecule has 0 atom stereocenters. The molecule has 136 valence electrons. The van der Waals surface area contributed by atoms with Gasteiger partial charge in [0, 0.05) is 31.5 Å². The molecule has 3 aromatic rings. The third-order valence-electron chi connectivity index (χ3n) is 4.34. The predicted octanol–water partition coefficient (Wildman–Crippen LogP) is 4.14. The van der Waals surface area contributed by atoms with E-state index in [0.29, 0.717) is 13.1 Å². The molecule has 0 unspecified atom stereocenters. The number of carbonyl (C=O) groups is 1. The summed E-state index contributed by atoms with van der Waals surface area (Å²) in [5.74, 6) is -0.380. The monoisotopic (exact) mass is 361 g/mol. The van der Waals surface area contributed by atoms with Gasteiger partial charge >= 0.3 is 0 Å². The Labute approximate surface area is 157 Å². The summed E-state index contributed by atoms with van der Waals surface area (Å²) >= 11 is 0. The van der Waals surface area contributed by atoms with Crippen LogP contribution >= 0.6 is 0 Å². The Hall–Kier alpha value is -3.54. The third-order valence-corrected chi connectivity index (χ3v) is 4.34. The van der Waals surface area contributed by atoms with E-state index in [9.17, 15) is 14.9 Å². The normalized spacial score (nSPS) is 10.4. The number of hydrogen-bond acceptors (Lipinski definition) is 4. The molecule has 0 saturated carbocycles. The summed E-state index contributed by atoms with van der Waals surface area (Å²) in [5, 5.41) is 11.3. The Morgan fingerprint density at radius 1 is 1.04 bits per heavy atom. The van der Waals surface area contributed by atoms with E-state index in [1.54, 1.807) is 35.5 Å². The van der Waals surface area contributed by atoms with E-state index in [4.69, 9.17) is 0 Å². The van der Waals surface area contributed by atoms with Crippen molar-refractivity contribution in [3.63, 3.8) is 0 Å². The lowest BCUT2D eigenvalue weighted by Gasteiger charge is -2.24. The lowest BCUT2D eigenvalue weighted by atomic mass is 10.1. The van der Waals surface area contributed by atoms with E-state index in [0.717, 1.165) is 16.7 Å². The van der Waals surface area contributed by atoms with Crippen LogP contribution in [0.25, 0.3) is 0 Å². The second kappa shape index (κ2) is 8.23. The summed E-state index contributed by atoms with van der Waals surface area (Å²) in [4.78, 5) is 29.7. The number of aryl methyl sites for hydroxylation is 1. The molecule has 0 aliphatic heterocycles. The van der Waals surface area contributed by atoms with Crippen molar-refractivity contribution in [2.75, 3.05) is 0 Å². The molecule has 3 rings (SSSR count). The summed E-state index contributed by atoms with van der Waals surface area (Å²) in [6, 6.07) is 17.5. The number of benzene rings is 2. The Bertz CT molecular complexity index is 958. The molecule has 2 aromatic carbocycles. The number of rotatable bonds is 6. The van der Waals surface area contributed by atoms with Gasteiger partial charge in [-0.25, -0.2) is 0 Å². The summed E-state index contributed by atoms with van der Waals surface area (Å²) < 4.78 is 0. The van der Waals surface area contributed by atoms with Gasteiger partial charge in [0.05, 0.1) is 4.92 Å². The molecule has 0 aliphatic rings. The zero-order valence-corrected chi connectivity index (χ0v) is 14.9. The van der Waals surface area contributed by atoms with Gasteiger partial charge in [-0.1, -0.05) is 42.5 Å². The lowest BCUT2D eigenvalue weighted by molar-refractivity contribution is -0.385. The zero-order chi connectivity index (χ0) is 19.2. The van der Waals surface area contributed by atoms with Crippen LogP contribution in [-0.4, -0.2) is 20.7 Å². The van der Waals surface area contributed by atoms with Gasteiger partial charge in [-0.05, 0) is 35.7 Å². The maximum Gasteiger partial charge on any atom is 0.282 e. The molecular weight excluding hydrogens is 342 g/mol. The number of nitro groups is 1. The second-order valence-electron chi connectivity index (χ2n) is 6.22. The van der Waals surface area contributed by atoms with Gasteiger partial charge in [0.15, 0.2) is 0 Å². The van der Waals surface area contributed by atoms with Crippen molar-refractivity contribution in [1.82, 2.24) is 9.88 Å². The first-order valence-corrected chi connectivity index (χ1v) is 8.52. The highest BCUT2D eigenvalue weighted by Crippen LogP contribution is 2.22. The van der Waals surface area contributed by atoms with Crippen LogP contribution in [0.15, 0.2) is 73.1 Å². The molecule has 0 aliphatic carbocycles. The molecule has 1 aromatic heterocycles. The average Bonchev–Trinajstić information content (AvgIpc) is 2.69. The third kappa shape index (κ3) is 4.36. The topological polar surface area (TPSA) is 76.3 Å². The molecule has 6 heteroatoms. The van der Waals surface area contributed by atoms with Gasteiger partial charge in [0.2, 0.25) is 0 Å². The van der Waals surface area contributed by atoms with Crippen LogP contribution in [0.1, 0.15) is 27.0 Å². The summed E-state index contributed by atoms with van der Waals surface area (Å²) in [6.07, 6.45) is 3.36. The van der Waals surface area contributed by atoms with Crippen molar-refractivity contribution in [2.45, 2.75) is 20.0 Å². The molecule has 0 spiro atoms. The highest BCUT2D eigenvalue weighted by Gasteiger charge is 2.25. The smallest absolute Gasteiger partial charge is 0.282 e. The quantitative estimate of drug-likeness (QED) is 0.488. The first-order valence-electron chi connectivity index (χ1n) is 8.52. The van der Waals surface area contributed by atoms with Crippen LogP contribution < -0.4 is 0 Å². The van der Waals surface area contributed by atoms with E-state index >= 15 is 0 Å². The molecule has 1 amide bonds. The van der Waals surface area contributed by atoms with E-state index in [1.807, 2.05) is 37.3 Å². The van der Waals surface area contributed by atoms with E-state index < -0.39 is 4.92 Å². The maximum absolute atomic E-state index is 13.2. The van der Waals surface area contributed by atoms with Gasteiger partial charge in [0.1, 0.15) is 5.56 Å². The van der Waals surface area contributed by atoms with Gasteiger partial charge in [-0.3, -0.25) is 19.9 Å². The molecule has 0 radical (unpaired) electrons. The van der Waals surface area contributed by atoms with Crippen molar-refractivity contribution >= 4 is 11.6 Å². The molecule has 27 heavy (non-hydrogen) atoms. The fourth-order valence-electron chi connectivity index (χ4n) is 2.89. The highest BCUT2D eigenvalue weighted by atomic mass is 16.6. The van der Waals surface area contributed by atoms with E-state index in [1.165, 1.54) is 12.1 Å². The minimum absolute atomic E-state index is 0.0833. The molecule has 6 nitrogen and oxygen atoms in total.